The van der Waals surface area contributed by atoms with Crippen molar-refractivity contribution in [1.29, 1.82) is 0 Å². The lowest BCUT2D eigenvalue weighted by molar-refractivity contribution is -0.137. The summed E-state index contributed by atoms with van der Waals surface area (Å²) in [7, 11) is 0. The third kappa shape index (κ3) is 4.91. The van der Waals surface area contributed by atoms with Crippen LogP contribution in [0.3, 0.4) is 0 Å². The first-order valence-corrected chi connectivity index (χ1v) is 6.76. The summed E-state index contributed by atoms with van der Waals surface area (Å²) in [4.78, 5) is 11.7. The van der Waals surface area contributed by atoms with E-state index < -0.39 is 11.7 Å². The van der Waals surface area contributed by atoms with Crippen LogP contribution in [0.5, 0.6) is 0 Å². The van der Waals surface area contributed by atoms with Gasteiger partial charge < -0.3 is 9.84 Å². The zero-order chi connectivity index (χ0) is 16.0. The van der Waals surface area contributed by atoms with E-state index in [4.69, 9.17) is 0 Å². The van der Waals surface area contributed by atoms with Crippen LogP contribution < -0.4 is 5.32 Å². The standard InChI is InChI=1S/C15H15F3N2O2/c16-15(17,18)13-5-3-11(4-6-13)8-14(21)19-7-1-2-12-9-20-22-10-12/h3-6,9-10H,1-2,7-8H2,(H,19,21). The van der Waals surface area contributed by atoms with Gasteiger partial charge in [-0.25, -0.2) is 0 Å². The Bertz CT molecular complexity index is 592. The maximum atomic E-state index is 12.4. The average molecular weight is 312 g/mol. The Morgan fingerprint density at radius 2 is 1.91 bits per heavy atom. The maximum absolute atomic E-state index is 12.4. The van der Waals surface area contributed by atoms with Crippen molar-refractivity contribution in [3.05, 3.63) is 53.4 Å². The molecule has 1 aromatic heterocycles. The van der Waals surface area contributed by atoms with Gasteiger partial charge in [0.05, 0.1) is 18.2 Å². The molecule has 0 atom stereocenters. The van der Waals surface area contributed by atoms with Gasteiger partial charge in [-0.2, -0.15) is 13.2 Å². The number of hydrogen-bond donors (Lipinski definition) is 1. The fraction of sp³-hybridized carbons (Fsp3) is 0.333. The first-order chi connectivity index (χ1) is 10.4. The number of amides is 1. The van der Waals surface area contributed by atoms with Crippen LogP contribution >= 0.6 is 0 Å². The second-order valence-corrected chi connectivity index (χ2v) is 4.86. The lowest BCUT2D eigenvalue weighted by Gasteiger charge is -2.08. The molecule has 0 bridgehead atoms. The van der Waals surface area contributed by atoms with Crippen molar-refractivity contribution in [3.8, 4) is 0 Å². The number of benzene rings is 1. The maximum Gasteiger partial charge on any atom is 0.416 e. The number of aromatic nitrogens is 1. The Labute approximate surface area is 125 Å². The van der Waals surface area contributed by atoms with Crippen LogP contribution in [0.2, 0.25) is 0 Å². The first kappa shape index (κ1) is 16.1. The topological polar surface area (TPSA) is 55.1 Å². The number of carbonyl (C=O) groups is 1. The van der Waals surface area contributed by atoms with Crippen molar-refractivity contribution in [3.63, 3.8) is 0 Å². The normalized spacial score (nSPS) is 11.4. The molecule has 1 heterocycles. The van der Waals surface area contributed by atoms with E-state index in [1.807, 2.05) is 0 Å². The second kappa shape index (κ2) is 7.11. The fourth-order valence-corrected chi connectivity index (χ4v) is 1.93. The molecule has 2 aromatic rings. The third-order valence-electron chi connectivity index (χ3n) is 3.09. The van der Waals surface area contributed by atoms with E-state index >= 15 is 0 Å². The van der Waals surface area contributed by atoms with Gasteiger partial charge in [0.15, 0.2) is 0 Å². The Morgan fingerprint density at radius 1 is 1.18 bits per heavy atom. The second-order valence-electron chi connectivity index (χ2n) is 4.86. The minimum atomic E-state index is -4.36. The molecule has 0 aliphatic rings. The van der Waals surface area contributed by atoms with Crippen molar-refractivity contribution >= 4 is 5.91 Å². The Kier molecular flexibility index (Phi) is 5.19. The molecular formula is C15H15F3N2O2. The van der Waals surface area contributed by atoms with Crippen LogP contribution in [0.4, 0.5) is 13.2 Å². The number of nitrogens with zero attached hydrogens (tertiary/aromatic N) is 1. The molecular weight excluding hydrogens is 297 g/mol. The quantitative estimate of drug-likeness (QED) is 0.834. The predicted octanol–water partition coefficient (Wildman–Crippen LogP) is 2.98. The van der Waals surface area contributed by atoms with Gasteiger partial charge in [-0.1, -0.05) is 17.3 Å². The minimum absolute atomic E-state index is 0.0609. The van der Waals surface area contributed by atoms with E-state index in [0.717, 1.165) is 30.5 Å². The molecule has 1 amide bonds. The summed E-state index contributed by atoms with van der Waals surface area (Å²) in [5.74, 6) is -0.218. The summed E-state index contributed by atoms with van der Waals surface area (Å²) in [5, 5.41) is 6.30. The van der Waals surface area contributed by atoms with Gasteiger partial charge in [-0.05, 0) is 30.5 Å². The van der Waals surface area contributed by atoms with Crippen LogP contribution in [0.15, 0.2) is 41.2 Å². The molecule has 7 heteroatoms. The number of hydrogen-bond acceptors (Lipinski definition) is 3. The lowest BCUT2D eigenvalue weighted by atomic mass is 10.1. The largest absolute Gasteiger partial charge is 0.416 e. The summed E-state index contributed by atoms with van der Waals surface area (Å²) in [6.07, 6.45) is 0.339. The van der Waals surface area contributed by atoms with Crippen molar-refractivity contribution in [2.45, 2.75) is 25.4 Å². The van der Waals surface area contributed by atoms with Gasteiger partial charge in [0.1, 0.15) is 6.26 Å². The molecule has 22 heavy (non-hydrogen) atoms. The van der Waals surface area contributed by atoms with Crippen LogP contribution in [-0.4, -0.2) is 17.6 Å². The molecule has 0 saturated carbocycles. The van der Waals surface area contributed by atoms with Crippen LogP contribution in [0.1, 0.15) is 23.1 Å². The van der Waals surface area contributed by atoms with Crippen LogP contribution in [0, 0.1) is 0 Å². The molecule has 2 rings (SSSR count). The number of nitrogens with one attached hydrogen (secondary N) is 1. The summed E-state index contributed by atoms with van der Waals surface area (Å²) in [5.41, 5.74) is 0.784. The molecule has 4 nitrogen and oxygen atoms in total. The Hall–Kier alpha value is -2.31. The van der Waals surface area contributed by atoms with E-state index in [1.54, 1.807) is 12.5 Å². The predicted molar refractivity (Wildman–Crippen MR) is 73.0 cm³/mol. The summed E-state index contributed by atoms with van der Waals surface area (Å²) >= 11 is 0. The number of halogens is 3. The van der Waals surface area contributed by atoms with Crippen LogP contribution in [-0.2, 0) is 23.8 Å². The number of carbonyl (C=O) groups excluding carboxylic acids is 1. The van der Waals surface area contributed by atoms with E-state index in [-0.39, 0.29) is 12.3 Å². The molecule has 0 aliphatic carbocycles. The highest BCUT2D eigenvalue weighted by atomic mass is 19.4. The Balaban J connectivity index is 1.72. The summed E-state index contributed by atoms with van der Waals surface area (Å²) < 4.78 is 41.9. The van der Waals surface area contributed by atoms with Gasteiger partial charge in [-0.15, -0.1) is 0 Å². The molecule has 0 unspecified atom stereocenters. The molecule has 0 fully saturated rings. The zero-order valence-corrected chi connectivity index (χ0v) is 11.7. The minimum Gasteiger partial charge on any atom is -0.364 e. The monoisotopic (exact) mass is 312 g/mol. The SMILES string of the molecule is O=C(Cc1ccc(C(F)(F)F)cc1)NCCCc1cnoc1. The lowest BCUT2D eigenvalue weighted by Crippen LogP contribution is -2.26. The van der Waals surface area contributed by atoms with Gasteiger partial charge in [0.2, 0.25) is 5.91 Å². The van der Waals surface area contributed by atoms with Gasteiger partial charge >= 0.3 is 6.18 Å². The average Bonchev–Trinajstić information content (AvgIpc) is 2.96. The van der Waals surface area contributed by atoms with E-state index in [9.17, 15) is 18.0 Å². The van der Waals surface area contributed by atoms with Crippen molar-refractivity contribution < 1.29 is 22.5 Å². The number of aryl methyl sites for hydroxylation is 1. The molecule has 0 aliphatic heterocycles. The zero-order valence-electron chi connectivity index (χ0n) is 11.7. The number of rotatable bonds is 6. The van der Waals surface area contributed by atoms with Crippen molar-refractivity contribution in [1.82, 2.24) is 10.5 Å². The highest BCUT2D eigenvalue weighted by Gasteiger charge is 2.29. The van der Waals surface area contributed by atoms with E-state index in [0.29, 0.717) is 12.1 Å². The highest BCUT2D eigenvalue weighted by Crippen LogP contribution is 2.29. The molecule has 118 valence electrons. The van der Waals surface area contributed by atoms with E-state index in [1.165, 1.54) is 12.1 Å². The molecule has 0 radical (unpaired) electrons. The molecule has 1 aromatic carbocycles. The highest BCUT2D eigenvalue weighted by molar-refractivity contribution is 5.78. The van der Waals surface area contributed by atoms with E-state index in [2.05, 4.69) is 15.0 Å². The van der Waals surface area contributed by atoms with Crippen LogP contribution in [0.25, 0.3) is 0 Å². The Morgan fingerprint density at radius 3 is 2.50 bits per heavy atom. The van der Waals surface area contributed by atoms with Crippen molar-refractivity contribution in [2.75, 3.05) is 6.54 Å². The molecule has 0 spiro atoms. The van der Waals surface area contributed by atoms with Gasteiger partial charge in [0.25, 0.3) is 0 Å². The van der Waals surface area contributed by atoms with Crippen molar-refractivity contribution in [2.24, 2.45) is 0 Å². The van der Waals surface area contributed by atoms with Gasteiger partial charge in [-0.3, -0.25) is 4.79 Å². The molecule has 0 saturated heterocycles. The summed E-state index contributed by atoms with van der Waals surface area (Å²) in [6.45, 7) is 0.491. The van der Waals surface area contributed by atoms with Gasteiger partial charge in [0, 0.05) is 12.1 Å². The number of alkyl halides is 3. The third-order valence-corrected chi connectivity index (χ3v) is 3.09. The molecule has 1 N–H and O–H groups in total. The first-order valence-electron chi connectivity index (χ1n) is 6.76. The summed E-state index contributed by atoms with van der Waals surface area (Å²) in [6, 6.07) is 4.60. The smallest absolute Gasteiger partial charge is 0.364 e. The fourth-order valence-electron chi connectivity index (χ4n) is 1.93.